The number of fused-ring (bicyclic) bond motifs is 2. The molecule has 27 heteroatoms. The van der Waals surface area contributed by atoms with Crippen LogP contribution in [0.15, 0.2) is 121 Å². The normalized spacial score (nSPS) is 14.9. The number of amides is 7. The molecule has 4 aliphatic rings. The number of carboxylic acid groups (broad SMARTS) is 1. The standard InChI is InChI=1S/C45H52F2N4O6S.C43H49F2N5O6S.2CH4/c1-45(2)28-50(39(53)14-5-4-8-23-52)21-22-51(45)27-30-10-9-11-32(24-30)41(54)49-43-40(35-12-6-7-13-38(35)58-43)42(55)48-33-25-36(46)34(37(47)26-33)20-17-29-15-18-31(19-16-29)44(56)57-3;1-43(2)26-49(42(56)46-18-5-6-21-51)19-20-50(43)25-28-8-7-9-30(22-28)38(52)48-40-37(33-10-3-4-11-36(33)57-40)39(53)47-31-23-34(44)32(35(45)24-31)17-14-27-12-15-29(16-13-27)41(54)55;;/h9-11,15-16,18-19,24-26,52H,4-8,12-14,17,20-23,27-28H2,1-3H3,(H,48,55)(H,49,54);7-9,12-13,15-16,22-24,51H,3-6,10-11,14,17-21,25-26H2,1-2H3,(H,46,56)(H,47,53)(H,48,52)(H,54,55);2*1H4. The van der Waals surface area contributed by atoms with E-state index in [0.717, 1.165) is 125 Å². The summed E-state index contributed by atoms with van der Waals surface area (Å²) in [6.45, 7) is 14.0. The van der Waals surface area contributed by atoms with E-state index >= 15 is 17.6 Å². The van der Waals surface area contributed by atoms with Gasteiger partial charge in [-0.1, -0.05) is 69.8 Å². The first-order valence-corrected chi connectivity index (χ1v) is 41.0. The first kappa shape index (κ1) is 90.8. The van der Waals surface area contributed by atoms with Crippen LogP contribution in [-0.4, -0.2) is 160 Å². The first-order valence-electron chi connectivity index (χ1n) is 39.4. The number of halogens is 4. The van der Waals surface area contributed by atoms with E-state index in [1.54, 1.807) is 48.5 Å². The molecule has 0 saturated carbocycles. The quantitative estimate of drug-likeness (QED) is 0.0123. The number of aromatic carboxylic acids is 1. The molecule has 0 spiro atoms. The van der Waals surface area contributed by atoms with Gasteiger partial charge in [-0.25, -0.2) is 31.9 Å². The molecule has 12 rings (SSSR count). The maximum absolute atomic E-state index is 15.3. The lowest BCUT2D eigenvalue weighted by Crippen LogP contribution is -2.61. The van der Waals surface area contributed by atoms with Crippen molar-refractivity contribution < 1.29 is 76.0 Å². The zero-order valence-corrected chi connectivity index (χ0v) is 67.3. The van der Waals surface area contributed by atoms with Gasteiger partial charge in [0.2, 0.25) is 5.91 Å². The molecule has 7 amide bonds. The zero-order chi connectivity index (χ0) is 82.1. The Morgan fingerprint density at radius 2 is 0.897 bits per heavy atom. The highest BCUT2D eigenvalue weighted by Crippen LogP contribution is 2.42. The fourth-order valence-electron chi connectivity index (χ4n) is 15.3. The second-order valence-corrected chi connectivity index (χ2v) is 33.2. The Kier molecular flexibility index (Phi) is 32.4. The van der Waals surface area contributed by atoms with Crippen LogP contribution in [0.25, 0.3) is 0 Å². The Hall–Kier alpha value is -10.2. The maximum Gasteiger partial charge on any atom is 0.337 e. The van der Waals surface area contributed by atoms with Crippen LogP contribution in [0.1, 0.15) is 223 Å². The third-order valence-electron chi connectivity index (χ3n) is 21.8. The summed E-state index contributed by atoms with van der Waals surface area (Å²) in [6.07, 6.45) is 11.4. The fraction of sp³-hybridized carbons (Fsp3) is 0.422. The summed E-state index contributed by atoms with van der Waals surface area (Å²) in [6, 6.07) is 31.7. The van der Waals surface area contributed by atoms with Crippen LogP contribution >= 0.6 is 22.7 Å². The number of urea groups is 1. The van der Waals surface area contributed by atoms with Gasteiger partial charge in [0.15, 0.2) is 0 Å². The SMILES string of the molecule is C.C.CC1(C)CN(C(=O)NCCCCO)CCN1Cc1cccc(C(=O)Nc2sc3c(c2C(=O)Nc2cc(F)c(CCc4ccc(C(=O)O)cc4)c(F)c2)CCCC3)c1.COC(=O)c1ccc(CCc2c(F)cc(NC(=O)c3c(NC(=O)c4cccc(CN5CCN(C(=O)CCCCCO)CC5(C)C)c4)sc4c3CCCC4)cc2F)cc1. The number of esters is 1. The number of benzene rings is 6. The van der Waals surface area contributed by atoms with E-state index < -0.39 is 47.0 Å². The monoisotopic (exact) mass is 1650 g/mol. The van der Waals surface area contributed by atoms with Crippen molar-refractivity contribution in [1.29, 1.82) is 0 Å². The number of aliphatic hydroxyl groups is 2. The number of aryl methyl sites for hydroxylation is 4. The highest BCUT2D eigenvalue weighted by atomic mass is 32.1. The molecule has 2 saturated heterocycles. The van der Waals surface area contributed by atoms with Crippen LogP contribution in [0.2, 0.25) is 0 Å². The lowest BCUT2D eigenvalue weighted by Gasteiger charge is -2.47. The average molecular weight is 1650 g/mol. The molecule has 0 atom stereocenters. The topological polar surface area (TPSA) is 280 Å². The van der Waals surface area contributed by atoms with Crippen LogP contribution < -0.4 is 26.6 Å². The van der Waals surface area contributed by atoms with Crippen molar-refractivity contribution >= 4 is 91.6 Å². The number of hydrogen-bond donors (Lipinski definition) is 8. The van der Waals surface area contributed by atoms with Gasteiger partial charge in [0.1, 0.15) is 33.3 Å². The Balaban J connectivity index is 0.000000263. The number of aliphatic hydroxyl groups excluding tert-OH is 2. The Labute approximate surface area is 690 Å². The van der Waals surface area contributed by atoms with E-state index in [9.17, 15) is 38.4 Å². The van der Waals surface area contributed by atoms with E-state index in [4.69, 9.17) is 20.1 Å². The van der Waals surface area contributed by atoms with Gasteiger partial charge in [-0.2, -0.15) is 0 Å². The summed E-state index contributed by atoms with van der Waals surface area (Å²) >= 11 is 2.72. The van der Waals surface area contributed by atoms with E-state index in [1.165, 1.54) is 41.9 Å². The third-order valence-corrected chi connectivity index (χ3v) is 24.2. The number of anilines is 4. The van der Waals surface area contributed by atoms with E-state index in [-0.39, 0.29) is 110 Å². The molecular weight excluding hydrogens is 1540 g/mol. The van der Waals surface area contributed by atoms with Crippen molar-refractivity contribution in [2.24, 2.45) is 0 Å². The van der Waals surface area contributed by atoms with Crippen molar-refractivity contribution in [3.8, 4) is 0 Å². The molecule has 8 N–H and O–H groups in total. The zero-order valence-electron chi connectivity index (χ0n) is 65.7. The summed E-state index contributed by atoms with van der Waals surface area (Å²) in [7, 11) is 1.30. The first-order chi connectivity index (χ1) is 55.2. The summed E-state index contributed by atoms with van der Waals surface area (Å²) in [5.74, 6) is -6.45. The predicted octanol–water partition coefficient (Wildman–Crippen LogP) is 16.5. The molecule has 0 bridgehead atoms. The van der Waals surface area contributed by atoms with Crippen molar-refractivity contribution in [2.45, 2.75) is 182 Å². The minimum absolute atomic E-state index is 0. The second-order valence-electron chi connectivity index (χ2n) is 31.0. The number of carboxylic acids is 1. The molecule has 2 aliphatic carbocycles. The van der Waals surface area contributed by atoms with Gasteiger partial charge in [-0.15, -0.1) is 22.7 Å². The Morgan fingerprint density at radius 3 is 1.33 bits per heavy atom. The van der Waals surface area contributed by atoms with E-state index in [1.807, 2.05) is 46.2 Å². The smallest absolute Gasteiger partial charge is 0.337 e. The molecule has 2 aromatic heterocycles. The lowest BCUT2D eigenvalue weighted by atomic mass is 9.95. The van der Waals surface area contributed by atoms with Crippen molar-refractivity contribution in [2.75, 3.05) is 87.4 Å². The largest absolute Gasteiger partial charge is 0.478 e. The third kappa shape index (κ3) is 23.6. The van der Waals surface area contributed by atoms with Gasteiger partial charge in [-0.05, 0) is 237 Å². The van der Waals surface area contributed by atoms with Gasteiger partial charge >= 0.3 is 18.0 Å². The number of hydrogen-bond acceptors (Lipinski definition) is 15. The maximum atomic E-state index is 15.3. The molecule has 0 unspecified atom stereocenters. The molecule has 0 radical (unpaired) electrons. The van der Waals surface area contributed by atoms with E-state index in [2.05, 4.69) is 64.1 Å². The fourth-order valence-corrected chi connectivity index (χ4v) is 17.9. The van der Waals surface area contributed by atoms with Gasteiger partial charge in [0.05, 0.1) is 29.4 Å². The molecule has 8 aromatic rings. The summed E-state index contributed by atoms with van der Waals surface area (Å²) in [5.41, 5.74) is 6.08. The second kappa shape index (κ2) is 41.8. The van der Waals surface area contributed by atoms with Gasteiger partial charge in [0.25, 0.3) is 23.6 Å². The molecule has 6 aromatic carbocycles. The van der Waals surface area contributed by atoms with Crippen molar-refractivity contribution in [3.63, 3.8) is 0 Å². The molecule has 4 heterocycles. The van der Waals surface area contributed by atoms with Crippen molar-refractivity contribution in [3.05, 3.63) is 232 Å². The van der Waals surface area contributed by atoms with Crippen LogP contribution in [0.5, 0.6) is 0 Å². The highest BCUT2D eigenvalue weighted by Gasteiger charge is 2.38. The number of methoxy groups -OCH3 is 1. The molecule has 21 nitrogen and oxygen atoms in total. The van der Waals surface area contributed by atoms with Crippen LogP contribution in [-0.2, 0) is 74.0 Å². The van der Waals surface area contributed by atoms with Crippen LogP contribution in [0.4, 0.5) is 43.7 Å². The number of unbranched alkanes of at least 4 members (excludes halogenated alkanes) is 3. The Morgan fingerprint density at radius 1 is 0.470 bits per heavy atom. The number of ether oxygens (including phenoxy) is 1. The highest BCUT2D eigenvalue weighted by molar-refractivity contribution is 7.17. The molecule has 626 valence electrons. The average Bonchev–Trinajstić information content (AvgIpc) is 1.64. The minimum atomic E-state index is -1.06. The Bertz CT molecular complexity index is 4810. The lowest BCUT2D eigenvalue weighted by molar-refractivity contribution is -0.136. The van der Waals surface area contributed by atoms with Gasteiger partial charge < -0.3 is 56.4 Å². The van der Waals surface area contributed by atoms with Crippen LogP contribution in [0, 0.1) is 23.3 Å². The van der Waals surface area contributed by atoms with E-state index in [0.29, 0.717) is 135 Å². The number of nitrogens with zero attached hydrogens (tertiary/aromatic N) is 4. The predicted molar refractivity (Wildman–Crippen MR) is 451 cm³/mol. The number of nitrogens with one attached hydrogen (secondary N) is 5. The number of thiophene rings is 2. The summed E-state index contributed by atoms with van der Waals surface area (Å²) in [4.78, 5) is 114. The molecule has 2 aliphatic heterocycles. The number of carbonyl (C=O) groups excluding carboxylic acids is 7. The number of piperazine rings is 2. The van der Waals surface area contributed by atoms with Gasteiger partial charge in [0, 0.05) is 133 Å². The molecular formula is C90H109F4N9O12S2. The minimum Gasteiger partial charge on any atom is -0.478 e. The van der Waals surface area contributed by atoms with Crippen molar-refractivity contribution in [1.82, 2.24) is 24.9 Å². The number of rotatable bonds is 29. The summed E-state index contributed by atoms with van der Waals surface area (Å²) < 4.78 is 65.9. The molecule has 2 fully saturated rings. The van der Waals surface area contributed by atoms with Gasteiger partial charge in [-0.3, -0.25) is 33.8 Å². The molecule has 117 heavy (non-hydrogen) atoms. The van der Waals surface area contributed by atoms with Crippen LogP contribution in [0.3, 0.4) is 0 Å². The number of carbonyl (C=O) groups is 8. The summed E-state index contributed by atoms with van der Waals surface area (Å²) in [5, 5.41) is 42.2.